The molecule has 0 aliphatic carbocycles. The van der Waals surface area contributed by atoms with E-state index in [-0.39, 0.29) is 5.11 Å². The summed E-state index contributed by atoms with van der Waals surface area (Å²) in [6.07, 6.45) is -0.227. The van der Waals surface area contributed by atoms with Crippen LogP contribution in [0.25, 0.3) is 0 Å². The van der Waals surface area contributed by atoms with E-state index in [4.69, 9.17) is 18.0 Å². The Hall–Kier alpha value is -1.79. The van der Waals surface area contributed by atoms with E-state index in [1.807, 2.05) is 31.2 Å². The molecule has 18 heavy (non-hydrogen) atoms. The molecule has 0 spiro atoms. The van der Waals surface area contributed by atoms with Crippen LogP contribution >= 0.6 is 12.2 Å². The lowest BCUT2D eigenvalue weighted by Gasteiger charge is -2.37. The van der Waals surface area contributed by atoms with Crippen molar-refractivity contribution in [3.8, 4) is 0 Å². The van der Waals surface area contributed by atoms with Gasteiger partial charge in [0.1, 0.15) is 18.4 Å². The Bertz CT molecular complexity index is 501. The van der Waals surface area contributed by atoms with Crippen LogP contribution in [0.1, 0.15) is 5.56 Å². The Morgan fingerprint density at radius 2 is 2.00 bits per heavy atom. The van der Waals surface area contributed by atoms with E-state index < -0.39 is 18.0 Å². The number of hydrogen-bond acceptors (Lipinski definition) is 4. The van der Waals surface area contributed by atoms with Gasteiger partial charge in [0, 0.05) is 5.69 Å². The van der Waals surface area contributed by atoms with Crippen LogP contribution < -0.4 is 16.0 Å². The van der Waals surface area contributed by atoms with Gasteiger partial charge in [-0.1, -0.05) is 17.7 Å². The molecule has 1 saturated heterocycles. The summed E-state index contributed by atoms with van der Waals surface area (Å²) >= 11 is 5.10. The zero-order chi connectivity index (χ0) is 13.3. The fourth-order valence-corrected chi connectivity index (χ4v) is 2.16. The lowest BCUT2D eigenvalue weighted by Crippen LogP contribution is -2.64. The third-order valence-electron chi connectivity index (χ3n) is 2.88. The molecule has 0 aromatic heterocycles. The van der Waals surface area contributed by atoms with Gasteiger partial charge in [0.05, 0.1) is 0 Å². The minimum Gasteiger partial charge on any atom is -0.310 e. The van der Waals surface area contributed by atoms with E-state index in [1.165, 1.54) is 0 Å². The number of carbonyl (C=O) groups excluding carboxylic acids is 2. The number of benzene rings is 1. The summed E-state index contributed by atoms with van der Waals surface area (Å²) in [6, 6.07) is 7.52. The average Bonchev–Trinajstić information content (AvgIpc) is 2.31. The highest BCUT2D eigenvalue weighted by atomic mass is 32.1. The minimum atomic E-state index is -0.919. The van der Waals surface area contributed by atoms with Gasteiger partial charge in [-0.25, -0.2) is 0 Å². The highest BCUT2D eigenvalue weighted by Gasteiger charge is 2.37. The Kier molecular flexibility index (Phi) is 3.40. The van der Waals surface area contributed by atoms with Gasteiger partial charge in [-0.3, -0.25) is 4.79 Å². The van der Waals surface area contributed by atoms with Gasteiger partial charge in [-0.2, -0.15) is 0 Å². The second kappa shape index (κ2) is 4.83. The van der Waals surface area contributed by atoms with E-state index in [1.54, 1.807) is 4.90 Å². The molecule has 1 aliphatic heterocycles. The first-order valence-electron chi connectivity index (χ1n) is 5.46. The number of nitrogens with one attached hydrogen (secondary N) is 1. The maximum Gasteiger partial charge on any atom is 0.239 e. The lowest BCUT2D eigenvalue weighted by molar-refractivity contribution is -0.129. The van der Waals surface area contributed by atoms with Crippen molar-refractivity contribution in [2.24, 2.45) is 11.7 Å². The normalized spacial score (nSPS) is 23.8. The van der Waals surface area contributed by atoms with Gasteiger partial charge in [0.25, 0.3) is 0 Å². The highest BCUT2D eigenvalue weighted by molar-refractivity contribution is 7.80. The summed E-state index contributed by atoms with van der Waals surface area (Å²) < 4.78 is 0. The molecule has 0 radical (unpaired) electrons. The first-order valence-corrected chi connectivity index (χ1v) is 5.87. The molecule has 1 fully saturated rings. The third-order valence-corrected chi connectivity index (χ3v) is 3.18. The van der Waals surface area contributed by atoms with Gasteiger partial charge >= 0.3 is 0 Å². The predicted octanol–water partition coefficient (Wildman–Crippen LogP) is 0.316. The number of aldehydes is 1. The monoisotopic (exact) mass is 263 g/mol. The van der Waals surface area contributed by atoms with Crippen LogP contribution in [-0.4, -0.2) is 23.5 Å². The standard InChI is InChI=1S/C12H13N3O2S/c1-7-2-4-8(5-3-7)15-10(13)9(6-16)11(17)14-12(15)18/h2-6,9-10H,13H2,1H3,(H,14,17,18). The van der Waals surface area contributed by atoms with E-state index in [0.717, 1.165) is 11.3 Å². The number of rotatable bonds is 2. The summed E-state index contributed by atoms with van der Waals surface area (Å²) in [5.41, 5.74) is 7.79. The number of nitrogens with two attached hydrogens (primary N) is 1. The maximum atomic E-state index is 11.5. The molecule has 1 aromatic rings. The summed E-state index contributed by atoms with van der Waals surface area (Å²) in [4.78, 5) is 24.0. The van der Waals surface area contributed by atoms with Crippen LogP contribution in [-0.2, 0) is 9.59 Å². The number of aryl methyl sites for hydroxylation is 1. The number of hydrogen-bond donors (Lipinski definition) is 2. The van der Waals surface area contributed by atoms with Crippen LogP contribution in [0, 0.1) is 12.8 Å². The Morgan fingerprint density at radius 3 is 2.56 bits per heavy atom. The second-order valence-corrected chi connectivity index (χ2v) is 4.54. The van der Waals surface area contributed by atoms with Crippen molar-refractivity contribution in [3.05, 3.63) is 29.8 Å². The van der Waals surface area contributed by atoms with Crippen LogP contribution in [0.15, 0.2) is 24.3 Å². The summed E-state index contributed by atoms with van der Waals surface area (Å²) in [7, 11) is 0. The van der Waals surface area contributed by atoms with Crippen LogP contribution in [0.4, 0.5) is 5.69 Å². The molecular formula is C12H13N3O2S. The molecule has 2 unspecified atom stereocenters. The van der Waals surface area contributed by atoms with Crippen LogP contribution in [0.3, 0.4) is 0 Å². The lowest BCUT2D eigenvalue weighted by atomic mass is 10.0. The SMILES string of the molecule is Cc1ccc(N2C(=S)NC(=O)C(C=O)C2N)cc1. The van der Waals surface area contributed by atoms with Crippen molar-refractivity contribution < 1.29 is 9.59 Å². The molecule has 2 atom stereocenters. The topological polar surface area (TPSA) is 75.4 Å². The van der Waals surface area contributed by atoms with Gasteiger partial charge in [0.2, 0.25) is 5.91 Å². The van der Waals surface area contributed by atoms with E-state index >= 15 is 0 Å². The zero-order valence-electron chi connectivity index (χ0n) is 9.79. The molecular weight excluding hydrogens is 250 g/mol. The van der Waals surface area contributed by atoms with Crippen molar-refractivity contribution in [1.29, 1.82) is 0 Å². The third kappa shape index (κ3) is 2.12. The van der Waals surface area contributed by atoms with Crippen molar-refractivity contribution in [2.75, 3.05) is 4.90 Å². The zero-order valence-corrected chi connectivity index (χ0v) is 10.6. The van der Waals surface area contributed by atoms with Crippen LogP contribution in [0.2, 0.25) is 0 Å². The largest absolute Gasteiger partial charge is 0.310 e. The predicted molar refractivity (Wildman–Crippen MR) is 71.9 cm³/mol. The molecule has 6 heteroatoms. The Balaban J connectivity index is 2.36. The summed E-state index contributed by atoms with van der Waals surface area (Å²) in [5, 5.41) is 2.70. The summed E-state index contributed by atoms with van der Waals surface area (Å²) in [6.45, 7) is 1.97. The van der Waals surface area contributed by atoms with Gasteiger partial charge < -0.3 is 20.7 Å². The first-order chi connectivity index (χ1) is 8.54. The highest BCUT2D eigenvalue weighted by Crippen LogP contribution is 2.22. The second-order valence-electron chi connectivity index (χ2n) is 4.15. The molecule has 0 saturated carbocycles. The van der Waals surface area contributed by atoms with E-state index in [9.17, 15) is 9.59 Å². The molecule has 1 amide bonds. The van der Waals surface area contributed by atoms with E-state index in [0.29, 0.717) is 6.29 Å². The molecule has 94 valence electrons. The number of amides is 1. The fraction of sp³-hybridized carbons (Fsp3) is 0.250. The minimum absolute atomic E-state index is 0.217. The molecule has 5 nitrogen and oxygen atoms in total. The number of anilines is 1. The van der Waals surface area contributed by atoms with Crippen LogP contribution in [0.5, 0.6) is 0 Å². The van der Waals surface area contributed by atoms with Crippen molar-refractivity contribution in [1.82, 2.24) is 5.32 Å². The maximum absolute atomic E-state index is 11.5. The molecule has 1 aliphatic rings. The molecule has 0 bridgehead atoms. The van der Waals surface area contributed by atoms with E-state index in [2.05, 4.69) is 5.32 Å². The first kappa shape index (κ1) is 12.7. The molecule has 3 N–H and O–H groups in total. The van der Waals surface area contributed by atoms with Gasteiger partial charge in [-0.05, 0) is 31.3 Å². The van der Waals surface area contributed by atoms with Crippen molar-refractivity contribution in [3.63, 3.8) is 0 Å². The van der Waals surface area contributed by atoms with Crippen molar-refractivity contribution in [2.45, 2.75) is 13.1 Å². The molecule has 1 heterocycles. The average molecular weight is 263 g/mol. The summed E-state index contributed by atoms with van der Waals surface area (Å²) in [5.74, 6) is -1.37. The molecule has 2 rings (SSSR count). The smallest absolute Gasteiger partial charge is 0.239 e. The number of carbonyl (C=O) groups is 2. The quantitative estimate of drug-likeness (QED) is 0.456. The van der Waals surface area contributed by atoms with Gasteiger partial charge in [-0.15, -0.1) is 0 Å². The van der Waals surface area contributed by atoms with Crippen molar-refractivity contribution >= 4 is 35.2 Å². The Morgan fingerprint density at radius 1 is 1.39 bits per heavy atom. The van der Waals surface area contributed by atoms with Gasteiger partial charge in [0.15, 0.2) is 5.11 Å². The number of thiocarbonyl (C=S) groups is 1. The number of nitrogens with zero attached hydrogens (tertiary/aromatic N) is 1. The fourth-order valence-electron chi connectivity index (χ4n) is 1.84. The Labute approximate surface area is 110 Å². The molecule has 1 aromatic carbocycles.